The lowest BCUT2D eigenvalue weighted by Crippen LogP contribution is -2.18. The van der Waals surface area contributed by atoms with E-state index in [2.05, 4.69) is 28.1 Å². The molecule has 2 aromatic carbocycles. The van der Waals surface area contributed by atoms with Gasteiger partial charge in [0.15, 0.2) is 0 Å². The lowest BCUT2D eigenvalue weighted by Gasteiger charge is -2.05. The Morgan fingerprint density at radius 3 is 1.90 bits per heavy atom. The quantitative estimate of drug-likeness (QED) is 0.675. The molecule has 3 nitrogen and oxygen atoms in total. The fraction of sp³-hybridized carbons (Fsp3) is 0.235. The Morgan fingerprint density at radius 1 is 1.05 bits per heavy atom. The minimum atomic E-state index is -1.05. The van der Waals surface area contributed by atoms with Gasteiger partial charge in [-0.05, 0) is 18.1 Å². The number of alkyl halides is 1. The number of ether oxygens (including phenoxy) is 1. The number of hydrogen-bond donors (Lipinski definition) is 1. The Bertz CT molecular complexity index is 512. The molecule has 0 saturated carbocycles. The van der Waals surface area contributed by atoms with E-state index in [-0.39, 0.29) is 6.61 Å². The number of benzene rings is 2. The van der Waals surface area contributed by atoms with Crippen LogP contribution in [0.4, 0.5) is 0 Å². The summed E-state index contributed by atoms with van der Waals surface area (Å²) in [5.41, 5.74) is 2.24. The van der Waals surface area contributed by atoms with Crippen LogP contribution in [-0.2, 0) is 21.5 Å². The van der Waals surface area contributed by atoms with Crippen molar-refractivity contribution in [2.24, 2.45) is 0 Å². The van der Waals surface area contributed by atoms with Crippen molar-refractivity contribution in [3.63, 3.8) is 0 Å². The third kappa shape index (κ3) is 7.63. The number of aliphatic hydroxyl groups excluding tert-OH is 1. The molecule has 112 valence electrons. The normalized spacial score (nSPS) is 11.0. The van der Waals surface area contributed by atoms with E-state index in [1.165, 1.54) is 12.5 Å². The fourth-order valence-corrected chi connectivity index (χ4v) is 1.79. The molecule has 1 atom stereocenters. The van der Waals surface area contributed by atoms with Gasteiger partial charge in [-0.15, -0.1) is 0 Å². The SMILES string of the molecule is BrCc1ccccc1.C[C@@H](O)C(=O)OCc1ccccc1. The van der Waals surface area contributed by atoms with Gasteiger partial charge >= 0.3 is 5.97 Å². The van der Waals surface area contributed by atoms with Crippen molar-refractivity contribution in [3.8, 4) is 0 Å². The molecule has 0 aliphatic rings. The largest absolute Gasteiger partial charge is 0.459 e. The number of halogens is 1. The number of esters is 1. The number of carbonyl (C=O) groups excluding carboxylic acids is 1. The molecule has 4 heteroatoms. The predicted molar refractivity (Wildman–Crippen MR) is 87.0 cm³/mol. The van der Waals surface area contributed by atoms with Crippen LogP contribution in [0, 0.1) is 0 Å². The maximum atomic E-state index is 10.8. The van der Waals surface area contributed by atoms with E-state index in [0.29, 0.717) is 0 Å². The second-order valence-corrected chi connectivity index (χ2v) is 4.95. The summed E-state index contributed by atoms with van der Waals surface area (Å²) in [5.74, 6) is -0.594. The third-order valence-corrected chi connectivity index (χ3v) is 3.21. The van der Waals surface area contributed by atoms with Crippen LogP contribution in [0.2, 0.25) is 0 Å². The Hall–Kier alpha value is -1.65. The van der Waals surface area contributed by atoms with Gasteiger partial charge in [0.2, 0.25) is 0 Å². The number of hydrogen-bond acceptors (Lipinski definition) is 3. The molecule has 0 amide bonds. The summed E-state index contributed by atoms with van der Waals surface area (Å²) >= 11 is 3.36. The summed E-state index contributed by atoms with van der Waals surface area (Å²) in [6.07, 6.45) is -1.05. The first-order valence-corrected chi connectivity index (χ1v) is 7.74. The Balaban J connectivity index is 0.000000235. The zero-order chi connectivity index (χ0) is 15.5. The smallest absolute Gasteiger partial charge is 0.334 e. The van der Waals surface area contributed by atoms with Crippen molar-refractivity contribution in [1.29, 1.82) is 0 Å². The average Bonchev–Trinajstić information content (AvgIpc) is 2.55. The van der Waals surface area contributed by atoms with Crippen LogP contribution in [0.15, 0.2) is 60.7 Å². The second-order valence-electron chi connectivity index (χ2n) is 4.39. The van der Waals surface area contributed by atoms with Crippen LogP contribution in [0.1, 0.15) is 18.1 Å². The number of aliphatic hydroxyl groups is 1. The predicted octanol–water partition coefficient (Wildman–Crippen LogP) is 3.69. The van der Waals surface area contributed by atoms with Gasteiger partial charge in [0.25, 0.3) is 0 Å². The summed E-state index contributed by atoms with van der Waals surface area (Å²) in [4.78, 5) is 10.8. The van der Waals surface area contributed by atoms with Crippen LogP contribution in [0.5, 0.6) is 0 Å². The van der Waals surface area contributed by atoms with Crippen LogP contribution < -0.4 is 0 Å². The summed E-state index contributed by atoms with van der Waals surface area (Å²) in [5, 5.41) is 9.78. The first-order valence-electron chi connectivity index (χ1n) is 6.62. The molecule has 0 aliphatic heterocycles. The second kappa shape index (κ2) is 10.1. The monoisotopic (exact) mass is 350 g/mol. The molecule has 0 bridgehead atoms. The van der Waals surface area contributed by atoms with Gasteiger partial charge in [0.05, 0.1) is 0 Å². The van der Waals surface area contributed by atoms with E-state index in [4.69, 9.17) is 9.84 Å². The van der Waals surface area contributed by atoms with E-state index in [9.17, 15) is 4.79 Å². The molecule has 2 aromatic rings. The van der Waals surface area contributed by atoms with Crippen molar-refractivity contribution >= 4 is 21.9 Å². The maximum absolute atomic E-state index is 10.8. The molecular weight excluding hydrogens is 332 g/mol. The maximum Gasteiger partial charge on any atom is 0.334 e. The van der Waals surface area contributed by atoms with Crippen LogP contribution in [-0.4, -0.2) is 17.2 Å². The standard InChI is InChI=1S/C10H12O3.C7H7Br/c1-8(11)10(12)13-7-9-5-3-2-4-6-9;8-6-7-4-2-1-3-5-7/h2-6,8,11H,7H2,1H3;1-5H,6H2/t8-;/m1./s1. The Kier molecular flexibility index (Phi) is 8.40. The molecule has 0 radical (unpaired) electrons. The van der Waals surface area contributed by atoms with Gasteiger partial charge in [-0.25, -0.2) is 4.79 Å². The minimum absolute atomic E-state index is 0.213. The van der Waals surface area contributed by atoms with E-state index in [1.54, 1.807) is 0 Å². The Labute approximate surface area is 133 Å². The molecule has 21 heavy (non-hydrogen) atoms. The fourth-order valence-electron chi connectivity index (χ4n) is 1.42. The zero-order valence-corrected chi connectivity index (χ0v) is 13.5. The molecule has 0 fully saturated rings. The van der Waals surface area contributed by atoms with Crippen molar-refractivity contribution in [2.75, 3.05) is 0 Å². The van der Waals surface area contributed by atoms with E-state index >= 15 is 0 Å². The topological polar surface area (TPSA) is 46.5 Å². The zero-order valence-electron chi connectivity index (χ0n) is 11.9. The Morgan fingerprint density at radius 2 is 1.52 bits per heavy atom. The summed E-state index contributed by atoms with van der Waals surface area (Å²) < 4.78 is 4.80. The van der Waals surface area contributed by atoms with Crippen molar-refractivity contribution in [1.82, 2.24) is 0 Å². The molecule has 0 heterocycles. The van der Waals surface area contributed by atoms with Crippen LogP contribution >= 0.6 is 15.9 Å². The average molecular weight is 351 g/mol. The highest BCUT2D eigenvalue weighted by Gasteiger charge is 2.09. The summed E-state index contributed by atoms with van der Waals surface area (Å²) in [6.45, 7) is 1.60. The highest BCUT2D eigenvalue weighted by Crippen LogP contribution is 2.02. The first kappa shape index (κ1) is 17.4. The lowest BCUT2D eigenvalue weighted by atomic mass is 10.2. The van der Waals surface area contributed by atoms with Crippen molar-refractivity contribution in [3.05, 3.63) is 71.8 Å². The summed E-state index contributed by atoms with van der Waals surface area (Å²) in [7, 11) is 0. The molecule has 1 N–H and O–H groups in total. The van der Waals surface area contributed by atoms with Crippen LogP contribution in [0.3, 0.4) is 0 Å². The van der Waals surface area contributed by atoms with Gasteiger partial charge in [-0.2, -0.15) is 0 Å². The highest BCUT2D eigenvalue weighted by molar-refractivity contribution is 9.08. The molecular formula is C17H19BrO3. The van der Waals surface area contributed by atoms with Gasteiger partial charge < -0.3 is 9.84 Å². The van der Waals surface area contributed by atoms with Gasteiger partial charge in [0.1, 0.15) is 12.7 Å². The van der Waals surface area contributed by atoms with Crippen LogP contribution in [0.25, 0.3) is 0 Å². The lowest BCUT2D eigenvalue weighted by molar-refractivity contribution is -0.153. The van der Waals surface area contributed by atoms with Gasteiger partial charge in [-0.3, -0.25) is 0 Å². The molecule has 2 rings (SSSR count). The number of carbonyl (C=O) groups is 1. The molecule has 0 aliphatic carbocycles. The van der Waals surface area contributed by atoms with Crippen molar-refractivity contribution < 1.29 is 14.6 Å². The molecule has 0 saturated heterocycles. The first-order chi connectivity index (χ1) is 10.1. The summed E-state index contributed by atoms with van der Waals surface area (Å²) in [6, 6.07) is 19.6. The molecule has 0 aromatic heterocycles. The van der Waals surface area contributed by atoms with Gasteiger partial charge in [-0.1, -0.05) is 76.6 Å². The third-order valence-electron chi connectivity index (χ3n) is 2.56. The van der Waals surface area contributed by atoms with E-state index in [1.807, 2.05) is 48.5 Å². The molecule has 0 spiro atoms. The molecule has 0 unspecified atom stereocenters. The number of rotatable bonds is 4. The minimum Gasteiger partial charge on any atom is -0.459 e. The van der Waals surface area contributed by atoms with Crippen molar-refractivity contribution in [2.45, 2.75) is 25.0 Å². The van der Waals surface area contributed by atoms with Gasteiger partial charge in [0, 0.05) is 5.33 Å². The van der Waals surface area contributed by atoms with E-state index in [0.717, 1.165) is 10.9 Å². The van der Waals surface area contributed by atoms with E-state index < -0.39 is 12.1 Å². The highest BCUT2D eigenvalue weighted by atomic mass is 79.9.